The van der Waals surface area contributed by atoms with Crippen LogP contribution in [0.3, 0.4) is 0 Å². The summed E-state index contributed by atoms with van der Waals surface area (Å²) in [5.74, 6) is 0.382. The molecule has 0 radical (unpaired) electrons. The fraction of sp³-hybridized carbons (Fsp3) is 0.200. The molecule has 0 saturated heterocycles. The first-order chi connectivity index (χ1) is 12.1. The van der Waals surface area contributed by atoms with Crippen LogP contribution in [0, 0.1) is 6.92 Å². The molecule has 0 aliphatic rings. The van der Waals surface area contributed by atoms with Gasteiger partial charge in [0, 0.05) is 22.2 Å². The molecule has 0 saturated carbocycles. The molecule has 1 aromatic heterocycles. The largest absolute Gasteiger partial charge is 0.492 e. The maximum absolute atomic E-state index is 11.4. The average molecular weight is 336 g/mol. The van der Waals surface area contributed by atoms with Crippen LogP contribution < -0.4 is 10.5 Å². The van der Waals surface area contributed by atoms with E-state index in [0.717, 1.165) is 39.8 Å². The highest BCUT2D eigenvalue weighted by molar-refractivity contribution is 5.99. The Morgan fingerprint density at radius 2 is 1.88 bits per heavy atom. The number of benzene rings is 2. The van der Waals surface area contributed by atoms with E-state index in [4.69, 9.17) is 10.5 Å². The van der Waals surface area contributed by atoms with Crippen molar-refractivity contribution in [2.24, 2.45) is 5.73 Å². The van der Waals surface area contributed by atoms with Gasteiger partial charge in [-0.15, -0.1) is 0 Å². The molecule has 2 aromatic carbocycles. The number of carbonyl (C=O) groups is 2. The maximum atomic E-state index is 11.4. The molecule has 5 nitrogen and oxygen atoms in total. The number of ether oxygens (including phenoxy) is 1. The van der Waals surface area contributed by atoms with Crippen molar-refractivity contribution in [3.05, 3.63) is 65.4 Å². The van der Waals surface area contributed by atoms with Crippen molar-refractivity contribution in [2.75, 3.05) is 6.61 Å². The highest BCUT2D eigenvalue weighted by Gasteiger charge is 2.12. The molecule has 128 valence electrons. The topological polar surface area (TPSA) is 74.3 Å². The number of nitrogens with two attached hydrogens (primary N) is 1. The summed E-state index contributed by atoms with van der Waals surface area (Å²) in [6, 6.07) is 15.2. The van der Waals surface area contributed by atoms with Gasteiger partial charge in [-0.2, -0.15) is 0 Å². The van der Waals surface area contributed by atoms with Crippen LogP contribution in [0.2, 0.25) is 0 Å². The van der Waals surface area contributed by atoms with E-state index in [9.17, 15) is 9.59 Å². The number of nitrogens with zero attached hydrogens (tertiary/aromatic N) is 1. The Labute approximate surface area is 146 Å². The Kier molecular flexibility index (Phi) is 4.84. The van der Waals surface area contributed by atoms with Crippen LogP contribution in [-0.4, -0.2) is 23.4 Å². The summed E-state index contributed by atoms with van der Waals surface area (Å²) in [7, 11) is 0. The van der Waals surface area contributed by atoms with Crippen molar-refractivity contribution in [3.8, 4) is 5.75 Å². The van der Waals surface area contributed by atoms with E-state index < -0.39 is 0 Å². The molecule has 25 heavy (non-hydrogen) atoms. The summed E-state index contributed by atoms with van der Waals surface area (Å²) in [6.45, 7) is 3.07. The molecule has 1 heterocycles. The van der Waals surface area contributed by atoms with Crippen molar-refractivity contribution in [1.82, 2.24) is 4.57 Å². The molecule has 2 N–H and O–H groups in total. The molecule has 1 amide bonds. The molecule has 0 bridgehead atoms. The number of para-hydroxylation sites is 1. The number of fused-ring (bicyclic) bond motifs is 1. The Balaban J connectivity index is 1.70. The lowest BCUT2D eigenvalue weighted by atomic mass is 10.1. The molecule has 3 aromatic rings. The van der Waals surface area contributed by atoms with E-state index in [1.54, 1.807) is 0 Å². The lowest BCUT2D eigenvalue weighted by Gasteiger charge is -2.10. The Bertz CT molecular complexity index is 911. The molecule has 0 aliphatic carbocycles. The number of rotatable bonds is 7. The SMILES string of the molecule is Cc1c(C=O)c2ccccc2n1CCOc1ccc(CC(N)=O)cc1. The van der Waals surface area contributed by atoms with Crippen LogP contribution in [-0.2, 0) is 17.8 Å². The summed E-state index contributed by atoms with van der Waals surface area (Å²) in [5, 5.41) is 0.964. The Hall–Kier alpha value is -3.08. The maximum Gasteiger partial charge on any atom is 0.221 e. The third kappa shape index (κ3) is 3.55. The predicted octanol–water partition coefficient (Wildman–Crippen LogP) is 2.87. The van der Waals surface area contributed by atoms with Crippen LogP contribution in [0.25, 0.3) is 10.9 Å². The van der Waals surface area contributed by atoms with Gasteiger partial charge in [0.05, 0.1) is 13.0 Å². The normalized spacial score (nSPS) is 10.8. The lowest BCUT2D eigenvalue weighted by molar-refractivity contribution is -0.117. The zero-order chi connectivity index (χ0) is 17.8. The van der Waals surface area contributed by atoms with Crippen LogP contribution in [0.4, 0.5) is 0 Å². The van der Waals surface area contributed by atoms with Crippen molar-refractivity contribution >= 4 is 23.1 Å². The van der Waals surface area contributed by atoms with Gasteiger partial charge in [0.1, 0.15) is 12.4 Å². The minimum atomic E-state index is -0.352. The molecule has 0 aliphatic heterocycles. The Morgan fingerprint density at radius 3 is 2.56 bits per heavy atom. The molecule has 0 spiro atoms. The third-order valence-corrected chi connectivity index (χ3v) is 4.28. The highest BCUT2D eigenvalue weighted by Crippen LogP contribution is 2.24. The zero-order valence-corrected chi connectivity index (χ0v) is 14.1. The summed E-state index contributed by atoms with van der Waals surface area (Å²) in [4.78, 5) is 22.3. The first-order valence-electron chi connectivity index (χ1n) is 8.13. The number of carbonyl (C=O) groups excluding carboxylic acids is 2. The van der Waals surface area contributed by atoms with Gasteiger partial charge in [-0.05, 0) is 30.7 Å². The van der Waals surface area contributed by atoms with Gasteiger partial charge in [0.25, 0.3) is 0 Å². The van der Waals surface area contributed by atoms with Crippen molar-refractivity contribution in [2.45, 2.75) is 19.9 Å². The zero-order valence-electron chi connectivity index (χ0n) is 14.1. The second-order valence-electron chi connectivity index (χ2n) is 5.92. The first-order valence-corrected chi connectivity index (χ1v) is 8.13. The second-order valence-corrected chi connectivity index (χ2v) is 5.92. The number of hydrogen-bond donors (Lipinski definition) is 1. The minimum absolute atomic E-state index is 0.225. The Morgan fingerprint density at radius 1 is 1.16 bits per heavy atom. The molecule has 0 fully saturated rings. The van der Waals surface area contributed by atoms with E-state index in [1.807, 2.05) is 55.5 Å². The quantitative estimate of drug-likeness (QED) is 0.674. The van der Waals surface area contributed by atoms with E-state index in [1.165, 1.54) is 0 Å². The van der Waals surface area contributed by atoms with Gasteiger partial charge in [-0.3, -0.25) is 9.59 Å². The van der Waals surface area contributed by atoms with Crippen molar-refractivity contribution in [1.29, 1.82) is 0 Å². The van der Waals surface area contributed by atoms with E-state index in [2.05, 4.69) is 4.57 Å². The van der Waals surface area contributed by atoms with Crippen LogP contribution in [0.5, 0.6) is 5.75 Å². The van der Waals surface area contributed by atoms with Crippen LogP contribution in [0.1, 0.15) is 21.6 Å². The lowest BCUT2D eigenvalue weighted by Crippen LogP contribution is -2.13. The molecule has 3 rings (SSSR count). The fourth-order valence-electron chi connectivity index (χ4n) is 3.05. The van der Waals surface area contributed by atoms with Crippen molar-refractivity contribution < 1.29 is 14.3 Å². The molecule has 0 atom stereocenters. The summed E-state index contributed by atoms with van der Waals surface area (Å²) >= 11 is 0. The average Bonchev–Trinajstić information content (AvgIpc) is 2.87. The molecule has 5 heteroatoms. The number of hydrogen-bond acceptors (Lipinski definition) is 3. The van der Waals surface area contributed by atoms with Crippen LogP contribution in [0.15, 0.2) is 48.5 Å². The highest BCUT2D eigenvalue weighted by atomic mass is 16.5. The number of primary amides is 1. The number of aromatic nitrogens is 1. The van der Waals surface area contributed by atoms with E-state index >= 15 is 0 Å². The first kappa shape index (κ1) is 16.8. The summed E-state index contributed by atoms with van der Waals surface area (Å²) in [6.07, 6.45) is 1.13. The van der Waals surface area contributed by atoms with Gasteiger partial charge < -0.3 is 15.0 Å². The standard InChI is InChI=1S/C20H20N2O3/c1-14-18(13-23)17-4-2-3-5-19(17)22(14)10-11-25-16-8-6-15(7-9-16)12-20(21)24/h2-9,13H,10-12H2,1H3,(H2,21,24). The van der Waals surface area contributed by atoms with Gasteiger partial charge in [-0.1, -0.05) is 30.3 Å². The smallest absolute Gasteiger partial charge is 0.221 e. The van der Waals surface area contributed by atoms with Gasteiger partial charge in [0.15, 0.2) is 6.29 Å². The second kappa shape index (κ2) is 7.21. The van der Waals surface area contributed by atoms with Crippen LogP contribution >= 0.6 is 0 Å². The minimum Gasteiger partial charge on any atom is -0.492 e. The third-order valence-electron chi connectivity index (χ3n) is 4.28. The fourth-order valence-corrected chi connectivity index (χ4v) is 3.05. The van der Waals surface area contributed by atoms with Gasteiger partial charge in [0.2, 0.25) is 5.91 Å². The molecule has 0 unspecified atom stereocenters. The molecular formula is C20H20N2O3. The summed E-state index contributed by atoms with van der Waals surface area (Å²) < 4.78 is 7.89. The summed E-state index contributed by atoms with van der Waals surface area (Å²) in [5.41, 5.74) is 8.75. The predicted molar refractivity (Wildman–Crippen MR) is 96.9 cm³/mol. The number of aldehydes is 1. The van der Waals surface area contributed by atoms with Crippen molar-refractivity contribution in [3.63, 3.8) is 0 Å². The molecular weight excluding hydrogens is 316 g/mol. The van der Waals surface area contributed by atoms with E-state index in [-0.39, 0.29) is 12.3 Å². The monoisotopic (exact) mass is 336 g/mol. The van der Waals surface area contributed by atoms with E-state index in [0.29, 0.717) is 13.2 Å². The van der Waals surface area contributed by atoms with Gasteiger partial charge >= 0.3 is 0 Å². The van der Waals surface area contributed by atoms with Gasteiger partial charge in [-0.25, -0.2) is 0 Å². The number of amides is 1.